The molecule has 4 rings (SSSR count). The minimum atomic E-state index is 0.692. The van der Waals surface area contributed by atoms with Gasteiger partial charge in [0.1, 0.15) is 16.6 Å². The Morgan fingerprint density at radius 3 is 2.76 bits per heavy atom. The summed E-state index contributed by atoms with van der Waals surface area (Å²) in [5, 5.41) is 4.85. The SMILES string of the molecule is CCCc1ccc(Cl)c(-c2nc(-c3ccnc(NCC)c3)sc2-c2ncc[nH]2)c1. The third-order valence-corrected chi connectivity index (χ3v) is 5.97. The monoisotopic (exact) mass is 423 g/mol. The number of aromatic amines is 1. The van der Waals surface area contributed by atoms with Crippen LogP contribution >= 0.6 is 22.9 Å². The van der Waals surface area contributed by atoms with E-state index in [0.717, 1.165) is 57.7 Å². The maximum absolute atomic E-state index is 6.60. The summed E-state index contributed by atoms with van der Waals surface area (Å²) in [6.45, 7) is 5.04. The van der Waals surface area contributed by atoms with Crippen molar-refractivity contribution in [3.8, 4) is 32.5 Å². The lowest BCUT2D eigenvalue weighted by Gasteiger charge is -2.07. The van der Waals surface area contributed by atoms with Gasteiger partial charge < -0.3 is 10.3 Å². The third-order valence-electron chi connectivity index (χ3n) is 4.53. The van der Waals surface area contributed by atoms with E-state index in [1.54, 1.807) is 23.7 Å². The number of anilines is 1. The largest absolute Gasteiger partial charge is 0.370 e. The number of aromatic nitrogens is 4. The molecule has 0 saturated carbocycles. The number of nitrogens with zero attached hydrogens (tertiary/aromatic N) is 3. The Balaban J connectivity index is 1.86. The highest BCUT2D eigenvalue weighted by atomic mass is 35.5. The molecule has 0 unspecified atom stereocenters. The molecule has 1 aromatic carbocycles. The normalized spacial score (nSPS) is 11.0. The smallest absolute Gasteiger partial charge is 0.149 e. The summed E-state index contributed by atoms with van der Waals surface area (Å²) in [6, 6.07) is 10.2. The second kappa shape index (κ2) is 8.76. The number of aryl methyl sites for hydroxylation is 1. The Labute approximate surface area is 179 Å². The average molecular weight is 424 g/mol. The Hall–Kier alpha value is -2.70. The van der Waals surface area contributed by atoms with Gasteiger partial charge in [0.25, 0.3) is 0 Å². The summed E-state index contributed by atoms with van der Waals surface area (Å²) >= 11 is 8.20. The number of nitrogens with one attached hydrogen (secondary N) is 2. The van der Waals surface area contributed by atoms with Crippen molar-refractivity contribution in [2.24, 2.45) is 0 Å². The molecular formula is C22H22ClN5S. The number of H-pyrrole nitrogens is 1. The second-order valence-corrected chi connectivity index (χ2v) is 8.07. The van der Waals surface area contributed by atoms with Crippen molar-refractivity contribution in [1.29, 1.82) is 0 Å². The summed E-state index contributed by atoms with van der Waals surface area (Å²) in [6.07, 6.45) is 7.47. The second-order valence-electron chi connectivity index (χ2n) is 6.66. The van der Waals surface area contributed by atoms with Crippen LogP contribution in [0.3, 0.4) is 0 Å². The van der Waals surface area contributed by atoms with Gasteiger partial charge >= 0.3 is 0 Å². The first-order valence-corrected chi connectivity index (χ1v) is 10.9. The van der Waals surface area contributed by atoms with Gasteiger partial charge in [0, 0.05) is 36.3 Å². The molecule has 7 heteroatoms. The van der Waals surface area contributed by atoms with E-state index in [2.05, 4.69) is 46.2 Å². The predicted octanol–water partition coefficient (Wildman–Crippen LogP) is 6.30. The van der Waals surface area contributed by atoms with Gasteiger partial charge in [-0.25, -0.2) is 15.0 Å². The van der Waals surface area contributed by atoms with E-state index in [-0.39, 0.29) is 0 Å². The number of imidazole rings is 1. The van der Waals surface area contributed by atoms with Gasteiger partial charge in [0.15, 0.2) is 0 Å². The van der Waals surface area contributed by atoms with E-state index in [0.29, 0.717) is 5.02 Å². The zero-order valence-corrected chi connectivity index (χ0v) is 17.9. The van der Waals surface area contributed by atoms with Crippen molar-refractivity contribution >= 4 is 28.8 Å². The molecule has 0 spiro atoms. The fraction of sp³-hybridized carbons (Fsp3) is 0.227. The van der Waals surface area contributed by atoms with Gasteiger partial charge in [-0.3, -0.25) is 0 Å². The number of rotatable bonds is 7. The first-order valence-electron chi connectivity index (χ1n) is 9.69. The summed E-state index contributed by atoms with van der Waals surface area (Å²) in [4.78, 5) is 18.0. The summed E-state index contributed by atoms with van der Waals surface area (Å²) < 4.78 is 0. The molecule has 29 heavy (non-hydrogen) atoms. The zero-order chi connectivity index (χ0) is 20.2. The van der Waals surface area contributed by atoms with E-state index in [4.69, 9.17) is 16.6 Å². The molecule has 5 nitrogen and oxygen atoms in total. The van der Waals surface area contributed by atoms with Gasteiger partial charge in [0.05, 0.1) is 15.6 Å². The number of hydrogen-bond acceptors (Lipinski definition) is 5. The fourth-order valence-corrected chi connectivity index (χ4v) is 4.46. The van der Waals surface area contributed by atoms with Crippen LogP contribution in [0, 0.1) is 0 Å². The Bertz CT molecular complexity index is 1100. The molecular weight excluding hydrogens is 402 g/mol. The molecule has 148 valence electrons. The topological polar surface area (TPSA) is 66.5 Å². The van der Waals surface area contributed by atoms with Crippen molar-refractivity contribution < 1.29 is 0 Å². The number of benzene rings is 1. The van der Waals surface area contributed by atoms with Crippen molar-refractivity contribution in [2.75, 3.05) is 11.9 Å². The number of pyridine rings is 1. The number of thiazole rings is 1. The van der Waals surface area contributed by atoms with Gasteiger partial charge in [-0.1, -0.05) is 31.0 Å². The van der Waals surface area contributed by atoms with Crippen molar-refractivity contribution in [2.45, 2.75) is 26.7 Å². The molecule has 0 saturated heterocycles. The van der Waals surface area contributed by atoms with E-state index in [1.807, 2.05) is 24.4 Å². The highest BCUT2D eigenvalue weighted by Crippen LogP contribution is 2.42. The number of hydrogen-bond donors (Lipinski definition) is 2. The number of halogens is 1. The average Bonchev–Trinajstić information content (AvgIpc) is 3.40. The van der Waals surface area contributed by atoms with Crippen LogP contribution in [0.2, 0.25) is 5.02 Å². The van der Waals surface area contributed by atoms with Gasteiger partial charge in [0.2, 0.25) is 0 Å². The lowest BCUT2D eigenvalue weighted by molar-refractivity contribution is 0.922. The zero-order valence-electron chi connectivity index (χ0n) is 16.4. The predicted molar refractivity (Wildman–Crippen MR) is 122 cm³/mol. The van der Waals surface area contributed by atoms with Gasteiger partial charge in [-0.2, -0.15) is 0 Å². The Morgan fingerprint density at radius 2 is 2.00 bits per heavy atom. The van der Waals surface area contributed by atoms with E-state index in [1.165, 1.54) is 5.56 Å². The minimum absolute atomic E-state index is 0.692. The molecule has 0 fully saturated rings. The Morgan fingerprint density at radius 1 is 1.10 bits per heavy atom. The molecule has 0 aliphatic carbocycles. The van der Waals surface area contributed by atoms with Crippen LogP contribution in [0.15, 0.2) is 48.9 Å². The van der Waals surface area contributed by atoms with Crippen LogP contribution in [0.1, 0.15) is 25.8 Å². The Kier molecular flexibility index (Phi) is 5.92. The highest BCUT2D eigenvalue weighted by molar-refractivity contribution is 7.18. The van der Waals surface area contributed by atoms with Crippen LogP contribution in [0.25, 0.3) is 32.5 Å². The molecule has 3 aromatic heterocycles. The van der Waals surface area contributed by atoms with E-state index < -0.39 is 0 Å². The maximum Gasteiger partial charge on any atom is 0.149 e. The van der Waals surface area contributed by atoms with Crippen molar-refractivity contribution in [1.82, 2.24) is 19.9 Å². The molecule has 0 atom stereocenters. The summed E-state index contributed by atoms with van der Waals surface area (Å²) in [5.41, 5.74) is 4.06. The first-order chi connectivity index (χ1) is 14.2. The first kappa shape index (κ1) is 19.6. The van der Waals surface area contributed by atoms with E-state index in [9.17, 15) is 0 Å². The molecule has 0 aliphatic heterocycles. The molecule has 3 heterocycles. The van der Waals surface area contributed by atoms with Crippen LogP contribution in [-0.2, 0) is 6.42 Å². The highest BCUT2D eigenvalue weighted by Gasteiger charge is 2.20. The fourth-order valence-electron chi connectivity index (χ4n) is 3.22. The van der Waals surface area contributed by atoms with Crippen LogP contribution in [-0.4, -0.2) is 26.5 Å². The molecule has 0 aliphatic rings. The quantitative estimate of drug-likeness (QED) is 0.366. The van der Waals surface area contributed by atoms with Crippen molar-refractivity contribution in [3.63, 3.8) is 0 Å². The molecule has 0 bridgehead atoms. The molecule has 0 radical (unpaired) electrons. The van der Waals surface area contributed by atoms with Gasteiger partial charge in [-0.15, -0.1) is 11.3 Å². The summed E-state index contributed by atoms with van der Waals surface area (Å²) in [7, 11) is 0. The van der Waals surface area contributed by atoms with Crippen LogP contribution in [0.4, 0.5) is 5.82 Å². The minimum Gasteiger partial charge on any atom is -0.370 e. The molecule has 4 aromatic rings. The maximum atomic E-state index is 6.60. The standard InChI is InChI=1S/C22H22ClN5S/c1-3-5-14-6-7-17(23)16(12-14)19-20(21-26-10-11-27-21)29-22(28-19)15-8-9-25-18(13-15)24-4-2/h6-13H,3-5H2,1-2H3,(H,24,25)(H,26,27). The van der Waals surface area contributed by atoms with Gasteiger partial charge in [-0.05, 0) is 43.2 Å². The van der Waals surface area contributed by atoms with Crippen molar-refractivity contribution in [3.05, 3.63) is 59.5 Å². The van der Waals surface area contributed by atoms with E-state index >= 15 is 0 Å². The lowest BCUT2D eigenvalue weighted by atomic mass is 10.0. The third kappa shape index (κ3) is 4.18. The molecule has 0 amide bonds. The molecule has 2 N–H and O–H groups in total. The van der Waals surface area contributed by atoms with Crippen LogP contribution in [0.5, 0.6) is 0 Å². The summed E-state index contributed by atoms with van der Waals surface area (Å²) in [5.74, 6) is 1.63. The van der Waals surface area contributed by atoms with Crippen LogP contribution < -0.4 is 5.32 Å². The lowest BCUT2D eigenvalue weighted by Crippen LogP contribution is -1.98.